The second-order valence-corrected chi connectivity index (χ2v) is 12.9. The molecule has 3 aromatic carbocycles. The van der Waals surface area contributed by atoms with Gasteiger partial charge in [0.15, 0.2) is 0 Å². The Hall–Kier alpha value is -2.19. The molecule has 1 aliphatic rings. The maximum atomic E-state index is 14.8. The number of benzene rings is 3. The van der Waals surface area contributed by atoms with E-state index in [2.05, 4.69) is 37.3 Å². The van der Waals surface area contributed by atoms with E-state index in [0.717, 1.165) is 35.8 Å². The van der Waals surface area contributed by atoms with Gasteiger partial charge in [0.1, 0.15) is 11.6 Å². The van der Waals surface area contributed by atoms with Gasteiger partial charge in [0.25, 0.3) is 0 Å². The molecule has 0 amide bonds. The van der Waals surface area contributed by atoms with Crippen molar-refractivity contribution in [3.05, 3.63) is 105 Å². The zero-order valence-electron chi connectivity index (χ0n) is 25.1. The van der Waals surface area contributed by atoms with Crippen molar-refractivity contribution in [2.45, 2.75) is 116 Å². The van der Waals surface area contributed by atoms with E-state index in [-0.39, 0.29) is 10.8 Å². The third kappa shape index (κ3) is 10.9. The van der Waals surface area contributed by atoms with Gasteiger partial charge in [0, 0.05) is 0 Å². The first-order chi connectivity index (χ1) is 20.0. The summed E-state index contributed by atoms with van der Waals surface area (Å²) in [4.78, 5) is 0. The van der Waals surface area contributed by atoms with Gasteiger partial charge in [0.05, 0.1) is 5.02 Å². The van der Waals surface area contributed by atoms with Crippen LogP contribution in [0.2, 0.25) is 5.02 Å². The van der Waals surface area contributed by atoms with Gasteiger partial charge in [-0.15, -0.1) is 0 Å². The maximum absolute atomic E-state index is 14.8. The summed E-state index contributed by atoms with van der Waals surface area (Å²) in [5, 5.41) is 0.122. The maximum Gasteiger partial charge on any atom is 0.142 e. The fourth-order valence-corrected chi connectivity index (χ4v) is 6.57. The van der Waals surface area contributed by atoms with Crippen LogP contribution in [0.1, 0.15) is 112 Å². The number of halogens is 3. The molecular weight excluding hydrogens is 530 g/mol. The molecule has 41 heavy (non-hydrogen) atoms. The van der Waals surface area contributed by atoms with Crippen molar-refractivity contribution in [3.63, 3.8) is 0 Å². The van der Waals surface area contributed by atoms with Crippen LogP contribution in [0.15, 0.2) is 60.7 Å². The molecule has 0 atom stereocenters. The van der Waals surface area contributed by atoms with E-state index in [1.165, 1.54) is 101 Å². The molecule has 0 heterocycles. The van der Waals surface area contributed by atoms with Gasteiger partial charge < -0.3 is 0 Å². The van der Waals surface area contributed by atoms with Crippen LogP contribution in [0.4, 0.5) is 8.78 Å². The highest BCUT2D eigenvalue weighted by Gasteiger charge is 2.21. The molecule has 3 heteroatoms. The quantitative estimate of drug-likeness (QED) is 0.148. The lowest BCUT2D eigenvalue weighted by molar-refractivity contribution is 0.253. The van der Waals surface area contributed by atoms with E-state index in [9.17, 15) is 8.78 Å². The van der Waals surface area contributed by atoms with Crippen molar-refractivity contribution < 1.29 is 8.78 Å². The largest absolute Gasteiger partial charge is 0.207 e. The molecule has 0 aliphatic heterocycles. The Morgan fingerprint density at radius 1 is 0.561 bits per heavy atom. The lowest BCUT2D eigenvalue weighted by Crippen LogP contribution is -2.16. The number of aryl methyl sites for hydroxylation is 5. The van der Waals surface area contributed by atoms with Crippen LogP contribution in [0, 0.1) is 23.5 Å². The SMILES string of the molecule is CCCCCCCCc1ccc(CCC2CCC(CCc3ccc(CCc4ccc(Cl)c(F)c4)c(F)c3)CC2)cc1. The Balaban J connectivity index is 1.10. The van der Waals surface area contributed by atoms with Gasteiger partial charge in [-0.2, -0.15) is 0 Å². The van der Waals surface area contributed by atoms with Gasteiger partial charge in [0.2, 0.25) is 0 Å². The highest BCUT2D eigenvalue weighted by molar-refractivity contribution is 6.30. The first kappa shape index (κ1) is 31.7. The predicted octanol–water partition coefficient (Wildman–Crippen LogP) is 11.7. The fraction of sp³-hybridized carbons (Fsp3) is 0.526. The molecule has 0 aromatic heterocycles. The number of hydrogen-bond donors (Lipinski definition) is 0. The molecule has 4 rings (SSSR count). The molecule has 0 N–H and O–H groups in total. The van der Waals surface area contributed by atoms with E-state index in [0.29, 0.717) is 18.4 Å². The molecule has 0 bridgehead atoms. The summed E-state index contributed by atoms with van der Waals surface area (Å²) in [6, 6.07) is 19.9. The summed E-state index contributed by atoms with van der Waals surface area (Å²) < 4.78 is 28.4. The Kier molecular flexibility index (Phi) is 13.2. The van der Waals surface area contributed by atoms with E-state index < -0.39 is 5.82 Å². The third-order valence-corrected chi connectivity index (χ3v) is 9.58. The van der Waals surface area contributed by atoms with Gasteiger partial charge in [-0.25, -0.2) is 8.78 Å². The molecule has 1 aliphatic carbocycles. The van der Waals surface area contributed by atoms with E-state index in [1.807, 2.05) is 6.07 Å². The monoisotopic (exact) mass is 578 g/mol. The molecule has 0 nitrogen and oxygen atoms in total. The van der Waals surface area contributed by atoms with Gasteiger partial charge in [-0.1, -0.05) is 119 Å². The lowest BCUT2D eigenvalue weighted by atomic mass is 9.77. The summed E-state index contributed by atoms with van der Waals surface area (Å²) in [7, 11) is 0. The van der Waals surface area contributed by atoms with Crippen molar-refractivity contribution >= 4 is 11.6 Å². The van der Waals surface area contributed by atoms with Crippen LogP contribution in [-0.2, 0) is 32.1 Å². The Morgan fingerprint density at radius 3 is 1.71 bits per heavy atom. The van der Waals surface area contributed by atoms with E-state index in [4.69, 9.17) is 11.6 Å². The average molecular weight is 579 g/mol. The van der Waals surface area contributed by atoms with Gasteiger partial charge in [-0.3, -0.25) is 0 Å². The fourth-order valence-electron chi connectivity index (χ4n) is 6.46. The minimum absolute atomic E-state index is 0.122. The Morgan fingerprint density at radius 2 is 1.07 bits per heavy atom. The standard InChI is InChI=1S/C38H49ClF2/c1-2-3-4-5-6-7-8-29-9-11-30(12-10-29)13-14-31-15-17-32(18-16-31)19-20-33-21-24-35(37(40)27-33)25-22-34-23-26-36(39)38(41)28-34/h9-12,21,23-24,26-28,31-32H,2-8,13-20,22,25H2,1H3. The summed E-state index contributed by atoms with van der Waals surface area (Å²) >= 11 is 5.76. The zero-order valence-corrected chi connectivity index (χ0v) is 25.8. The number of unbranched alkanes of at least 4 members (excludes halogenated alkanes) is 5. The number of hydrogen-bond acceptors (Lipinski definition) is 0. The highest BCUT2D eigenvalue weighted by Crippen LogP contribution is 2.34. The van der Waals surface area contributed by atoms with Crippen molar-refractivity contribution in [1.29, 1.82) is 0 Å². The molecule has 0 radical (unpaired) electrons. The molecule has 0 unspecified atom stereocenters. The van der Waals surface area contributed by atoms with Crippen LogP contribution in [0.3, 0.4) is 0 Å². The van der Waals surface area contributed by atoms with Crippen LogP contribution in [0.25, 0.3) is 0 Å². The minimum Gasteiger partial charge on any atom is -0.207 e. The number of rotatable bonds is 16. The van der Waals surface area contributed by atoms with E-state index in [1.54, 1.807) is 18.2 Å². The van der Waals surface area contributed by atoms with Crippen LogP contribution >= 0.6 is 11.6 Å². The van der Waals surface area contributed by atoms with Gasteiger partial charge >= 0.3 is 0 Å². The topological polar surface area (TPSA) is 0 Å². The summed E-state index contributed by atoms with van der Waals surface area (Å²) in [5.41, 5.74) is 5.60. The highest BCUT2D eigenvalue weighted by atomic mass is 35.5. The molecule has 0 saturated heterocycles. The van der Waals surface area contributed by atoms with Crippen LogP contribution < -0.4 is 0 Å². The molecule has 1 saturated carbocycles. The zero-order chi connectivity index (χ0) is 28.9. The Bertz CT molecular complexity index is 1180. The average Bonchev–Trinajstić information content (AvgIpc) is 2.99. The summed E-state index contributed by atoms with van der Waals surface area (Å²) in [6.45, 7) is 2.28. The minimum atomic E-state index is -0.419. The summed E-state index contributed by atoms with van der Waals surface area (Å²) in [5.74, 6) is 1.05. The van der Waals surface area contributed by atoms with Crippen molar-refractivity contribution in [1.82, 2.24) is 0 Å². The van der Waals surface area contributed by atoms with Crippen molar-refractivity contribution in [3.8, 4) is 0 Å². The van der Waals surface area contributed by atoms with Crippen molar-refractivity contribution in [2.75, 3.05) is 0 Å². The molecule has 3 aromatic rings. The van der Waals surface area contributed by atoms with E-state index >= 15 is 0 Å². The summed E-state index contributed by atoms with van der Waals surface area (Å²) in [6.07, 6.45) is 20.4. The first-order valence-corrected chi connectivity index (χ1v) is 16.7. The molecular formula is C38H49ClF2. The molecule has 0 spiro atoms. The normalized spacial score (nSPS) is 17.2. The Labute approximate surface area is 252 Å². The van der Waals surface area contributed by atoms with Crippen molar-refractivity contribution in [2.24, 2.45) is 11.8 Å². The third-order valence-electron chi connectivity index (χ3n) is 9.28. The smallest absolute Gasteiger partial charge is 0.142 e. The predicted molar refractivity (Wildman–Crippen MR) is 171 cm³/mol. The lowest BCUT2D eigenvalue weighted by Gasteiger charge is -2.28. The molecule has 222 valence electrons. The second kappa shape index (κ2) is 17.1. The van der Waals surface area contributed by atoms with Crippen LogP contribution in [0.5, 0.6) is 0 Å². The second-order valence-electron chi connectivity index (χ2n) is 12.5. The molecule has 1 fully saturated rings. The van der Waals surface area contributed by atoms with Gasteiger partial charge in [-0.05, 0) is 109 Å². The first-order valence-electron chi connectivity index (χ1n) is 16.3. The van der Waals surface area contributed by atoms with Crippen LogP contribution in [-0.4, -0.2) is 0 Å².